The van der Waals surface area contributed by atoms with Gasteiger partial charge in [-0.05, 0) is 37.3 Å². The molecule has 16 heavy (non-hydrogen) atoms. The maximum absolute atomic E-state index is 6.30. The Morgan fingerprint density at radius 2 is 1.94 bits per heavy atom. The van der Waals surface area contributed by atoms with E-state index >= 15 is 0 Å². The second kappa shape index (κ2) is 6.05. The van der Waals surface area contributed by atoms with Crippen LogP contribution < -0.4 is 5.73 Å². The van der Waals surface area contributed by atoms with Gasteiger partial charge in [0.05, 0.1) is 0 Å². The van der Waals surface area contributed by atoms with E-state index in [0.717, 1.165) is 12.3 Å². The smallest absolute Gasteiger partial charge is 0.0300 e. The lowest BCUT2D eigenvalue weighted by Gasteiger charge is -2.19. The Balaban J connectivity index is 2.72. The van der Waals surface area contributed by atoms with Crippen LogP contribution in [-0.2, 0) is 0 Å². The van der Waals surface area contributed by atoms with Gasteiger partial charge in [0, 0.05) is 6.04 Å². The molecule has 0 aliphatic heterocycles. The maximum atomic E-state index is 6.30. The Morgan fingerprint density at radius 1 is 1.25 bits per heavy atom. The number of rotatable bonds is 5. The van der Waals surface area contributed by atoms with Crippen LogP contribution in [0.15, 0.2) is 18.2 Å². The first kappa shape index (κ1) is 13.2. The van der Waals surface area contributed by atoms with Crippen LogP contribution in [0.5, 0.6) is 0 Å². The molecule has 0 aliphatic carbocycles. The quantitative estimate of drug-likeness (QED) is 0.791. The Hall–Kier alpha value is -0.820. The first-order chi connectivity index (χ1) is 7.54. The molecule has 1 aromatic carbocycles. The summed E-state index contributed by atoms with van der Waals surface area (Å²) in [6, 6.07) is 6.76. The molecule has 0 bridgehead atoms. The Bertz CT molecular complexity index is 330. The molecule has 2 unspecified atom stereocenters. The molecule has 0 fully saturated rings. The number of benzene rings is 1. The lowest BCUT2D eigenvalue weighted by molar-refractivity contribution is 0.439. The maximum Gasteiger partial charge on any atom is 0.0300 e. The zero-order chi connectivity index (χ0) is 12.1. The molecule has 1 nitrogen and oxygen atoms in total. The van der Waals surface area contributed by atoms with Crippen LogP contribution in [0, 0.1) is 19.8 Å². The lowest BCUT2D eigenvalue weighted by Crippen LogP contribution is -2.15. The van der Waals surface area contributed by atoms with Gasteiger partial charge in [0.25, 0.3) is 0 Å². The highest BCUT2D eigenvalue weighted by Crippen LogP contribution is 2.24. The van der Waals surface area contributed by atoms with Crippen LogP contribution in [0.4, 0.5) is 0 Å². The summed E-state index contributed by atoms with van der Waals surface area (Å²) in [6.45, 7) is 8.82. The van der Waals surface area contributed by atoms with E-state index in [9.17, 15) is 0 Å². The third-order valence-corrected chi connectivity index (χ3v) is 3.27. The molecular formula is C15H25N. The molecule has 1 aromatic rings. The number of hydrogen-bond donors (Lipinski definition) is 1. The molecule has 0 saturated carbocycles. The molecule has 1 heteroatoms. The van der Waals surface area contributed by atoms with Crippen LogP contribution in [0.3, 0.4) is 0 Å². The van der Waals surface area contributed by atoms with Crippen LogP contribution in [0.2, 0.25) is 0 Å². The van der Waals surface area contributed by atoms with Crippen molar-refractivity contribution in [3.8, 4) is 0 Å². The number of hydrogen-bond acceptors (Lipinski definition) is 1. The minimum Gasteiger partial charge on any atom is -0.324 e. The van der Waals surface area contributed by atoms with Crippen molar-refractivity contribution in [2.24, 2.45) is 11.7 Å². The minimum atomic E-state index is 0.196. The van der Waals surface area contributed by atoms with Gasteiger partial charge < -0.3 is 5.73 Å². The third kappa shape index (κ3) is 3.64. The zero-order valence-corrected chi connectivity index (χ0v) is 11.1. The fourth-order valence-corrected chi connectivity index (χ4v) is 2.33. The summed E-state index contributed by atoms with van der Waals surface area (Å²) in [5.74, 6) is 0.722. The third-order valence-electron chi connectivity index (χ3n) is 3.27. The molecule has 2 atom stereocenters. The van der Waals surface area contributed by atoms with Crippen LogP contribution in [0.25, 0.3) is 0 Å². The van der Waals surface area contributed by atoms with Crippen molar-refractivity contribution in [1.29, 1.82) is 0 Å². The average Bonchev–Trinajstić information content (AvgIpc) is 2.21. The first-order valence-corrected chi connectivity index (χ1v) is 6.37. The van der Waals surface area contributed by atoms with E-state index in [1.165, 1.54) is 29.5 Å². The van der Waals surface area contributed by atoms with Gasteiger partial charge in [-0.25, -0.2) is 0 Å². The fourth-order valence-electron chi connectivity index (χ4n) is 2.33. The first-order valence-electron chi connectivity index (χ1n) is 6.37. The summed E-state index contributed by atoms with van der Waals surface area (Å²) in [4.78, 5) is 0. The molecule has 90 valence electrons. The molecule has 0 aromatic heterocycles. The molecule has 1 rings (SSSR count). The van der Waals surface area contributed by atoms with Crippen molar-refractivity contribution in [1.82, 2.24) is 0 Å². The van der Waals surface area contributed by atoms with Crippen LogP contribution in [-0.4, -0.2) is 0 Å². The van der Waals surface area contributed by atoms with Gasteiger partial charge in [0.15, 0.2) is 0 Å². The van der Waals surface area contributed by atoms with E-state index in [0.29, 0.717) is 0 Å². The molecule has 2 N–H and O–H groups in total. The zero-order valence-electron chi connectivity index (χ0n) is 11.1. The number of aryl methyl sites for hydroxylation is 2. The molecular weight excluding hydrogens is 194 g/mol. The van der Waals surface area contributed by atoms with E-state index in [2.05, 4.69) is 45.9 Å². The SMILES string of the molecule is CCCC(C)CC(N)c1cc(C)ccc1C. The summed E-state index contributed by atoms with van der Waals surface area (Å²) < 4.78 is 0. The van der Waals surface area contributed by atoms with Crippen molar-refractivity contribution in [3.05, 3.63) is 34.9 Å². The Kier molecular flexibility index (Phi) is 5.01. The molecule has 0 aliphatic rings. The summed E-state index contributed by atoms with van der Waals surface area (Å²) in [7, 11) is 0. The van der Waals surface area contributed by atoms with E-state index in [1.54, 1.807) is 0 Å². The Morgan fingerprint density at radius 3 is 2.56 bits per heavy atom. The summed E-state index contributed by atoms with van der Waals surface area (Å²) in [6.07, 6.45) is 3.62. The lowest BCUT2D eigenvalue weighted by atomic mass is 9.91. The topological polar surface area (TPSA) is 26.0 Å². The second-order valence-corrected chi connectivity index (χ2v) is 5.10. The monoisotopic (exact) mass is 219 g/mol. The molecule has 0 amide bonds. The summed E-state index contributed by atoms with van der Waals surface area (Å²) >= 11 is 0. The summed E-state index contributed by atoms with van der Waals surface area (Å²) in [5, 5.41) is 0. The number of nitrogens with two attached hydrogens (primary N) is 1. The van der Waals surface area contributed by atoms with E-state index in [-0.39, 0.29) is 6.04 Å². The molecule has 0 heterocycles. The van der Waals surface area contributed by atoms with Crippen molar-refractivity contribution < 1.29 is 0 Å². The van der Waals surface area contributed by atoms with Gasteiger partial charge in [-0.3, -0.25) is 0 Å². The van der Waals surface area contributed by atoms with E-state index in [1.807, 2.05) is 0 Å². The molecule has 0 radical (unpaired) electrons. The predicted molar refractivity (Wildman–Crippen MR) is 71.5 cm³/mol. The Labute approximate surface area is 100 Å². The molecule has 0 spiro atoms. The summed E-state index contributed by atoms with van der Waals surface area (Å²) in [5.41, 5.74) is 10.2. The highest BCUT2D eigenvalue weighted by atomic mass is 14.6. The van der Waals surface area contributed by atoms with Gasteiger partial charge in [0.1, 0.15) is 0 Å². The van der Waals surface area contributed by atoms with Crippen molar-refractivity contribution in [3.63, 3.8) is 0 Å². The van der Waals surface area contributed by atoms with Gasteiger partial charge in [-0.15, -0.1) is 0 Å². The van der Waals surface area contributed by atoms with Crippen molar-refractivity contribution >= 4 is 0 Å². The largest absolute Gasteiger partial charge is 0.324 e. The van der Waals surface area contributed by atoms with Crippen LogP contribution >= 0.6 is 0 Å². The van der Waals surface area contributed by atoms with Crippen molar-refractivity contribution in [2.45, 2.75) is 53.0 Å². The second-order valence-electron chi connectivity index (χ2n) is 5.10. The average molecular weight is 219 g/mol. The van der Waals surface area contributed by atoms with E-state index < -0.39 is 0 Å². The molecule has 0 saturated heterocycles. The predicted octanol–water partition coefficient (Wildman–Crippen LogP) is 4.13. The highest BCUT2D eigenvalue weighted by Gasteiger charge is 2.12. The normalized spacial score (nSPS) is 14.8. The standard InChI is InChI=1S/C15H25N/c1-5-6-11(2)10-15(16)14-9-12(3)7-8-13(14)4/h7-9,11,15H,5-6,10,16H2,1-4H3. The fraction of sp³-hybridized carbons (Fsp3) is 0.600. The van der Waals surface area contributed by atoms with Gasteiger partial charge >= 0.3 is 0 Å². The highest BCUT2D eigenvalue weighted by molar-refractivity contribution is 5.32. The van der Waals surface area contributed by atoms with Crippen molar-refractivity contribution in [2.75, 3.05) is 0 Å². The van der Waals surface area contributed by atoms with Gasteiger partial charge in [-0.2, -0.15) is 0 Å². The van der Waals surface area contributed by atoms with E-state index in [4.69, 9.17) is 5.73 Å². The van der Waals surface area contributed by atoms with Crippen LogP contribution in [0.1, 0.15) is 55.8 Å². The van der Waals surface area contributed by atoms with Gasteiger partial charge in [-0.1, -0.05) is 50.5 Å². The minimum absolute atomic E-state index is 0.196. The van der Waals surface area contributed by atoms with Gasteiger partial charge in [0.2, 0.25) is 0 Å².